The SMILES string of the molecule is Nc1ccc(NS(=O)(=O)C2CC2)cc1. The van der Waals surface area contributed by atoms with Crippen LogP contribution in [0.5, 0.6) is 0 Å². The molecule has 1 aliphatic rings. The lowest BCUT2D eigenvalue weighted by molar-refractivity contribution is 0.600. The van der Waals surface area contributed by atoms with Gasteiger partial charge in [-0.05, 0) is 37.1 Å². The van der Waals surface area contributed by atoms with E-state index < -0.39 is 10.0 Å². The molecule has 1 saturated carbocycles. The minimum Gasteiger partial charge on any atom is -0.399 e. The summed E-state index contributed by atoms with van der Waals surface area (Å²) in [6.07, 6.45) is 1.54. The second kappa shape index (κ2) is 3.16. The molecule has 0 aromatic heterocycles. The zero-order chi connectivity index (χ0) is 10.2. The van der Waals surface area contributed by atoms with Gasteiger partial charge in [0.25, 0.3) is 0 Å². The maximum Gasteiger partial charge on any atom is 0.235 e. The maximum absolute atomic E-state index is 11.5. The highest BCUT2D eigenvalue weighted by atomic mass is 32.2. The normalized spacial score (nSPS) is 16.6. The van der Waals surface area contributed by atoms with Crippen LogP contribution in [0.25, 0.3) is 0 Å². The van der Waals surface area contributed by atoms with Gasteiger partial charge in [-0.15, -0.1) is 0 Å². The lowest BCUT2D eigenvalue weighted by Gasteiger charge is -2.06. The molecular formula is C9H12N2O2S. The molecule has 4 nitrogen and oxygen atoms in total. The maximum atomic E-state index is 11.5. The van der Waals surface area contributed by atoms with Crippen LogP contribution >= 0.6 is 0 Å². The van der Waals surface area contributed by atoms with E-state index in [-0.39, 0.29) is 5.25 Å². The molecule has 0 unspecified atom stereocenters. The Hall–Kier alpha value is -1.23. The smallest absolute Gasteiger partial charge is 0.235 e. The van der Waals surface area contributed by atoms with Gasteiger partial charge in [0.1, 0.15) is 0 Å². The zero-order valence-electron chi connectivity index (χ0n) is 7.60. The fourth-order valence-electron chi connectivity index (χ4n) is 1.18. The molecule has 0 atom stereocenters. The highest BCUT2D eigenvalue weighted by Gasteiger charge is 2.35. The van der Waals surface area contributed by atoms with Crippen molar-refractivity contribution in [3.63, 3.8) is 0 Å². The Bertz CT molecular complexity index is 421. The van der Waals surface area contributed by atoms with Gasteiger partial charge in [-0.25, -0.2) is 8.42 Å². The van der Waals surface area contributed by atoms with Crippen LogP contribution in [0.2, 0.25) is 0 Å². The molecule has 3 N–H and O–H groups in total. The molecule has 0 amide bonds. The van der Waals surface area contributed by atoms with E-state index in [1.165, 1.54) is 0 Å². The molecule has 0 saturated heterocycles. The van der Waals surface area contributed by atoms with E-state index in [0.29, 0.717) is 11.4 Å². The number of benzene rings is 1. The molecule has 2 rings (SSSR count). The number of nitrogens with two attached hydrogens (primary N) is 1. The van der Waals surface area contributed by atoms with Crippen LogP contribution in [0.15, 0.2) is 24.3 Å². The van der Waals surface area contributed by atoms with E-state index >= 15 is 0 Å². The number of sulfonamides is 1. The molecule has 0 bridgehead atoms. The van der Waals surface area contributed by atoms with Crippen molar-refractivity contribution < 1.29 is 8.42 Å². The van der Waals surface area contributed by atoms with E-state index in [9.17, 15) is 8.42 Å². The van der Waals surface area contributed by atoms with Gasteiger partial charge in [-0.1, -0.05) is 0 Å². The Morgan fingerprint density at radius 2 is 1.79 bits per heavy atom. The molecule has 76 valence electrons. The van der Waals surface area contributed by atoms with Crippen LogP contribution in [0.1, 0.15) is 12.8 Å². The van der Waals surface area contributed by atoms with E-state index in [1.807, 2.05) is 0 Å². The van der Waals surface area contributed by atoms with Gasteiger partial charge in [-0.2, -0.15) is 0 Å². The summed E-state index contributed by atoms with van der Waals surface area (Å²) >= 11 is 0. The Kier molecular flexibility index (Phi) is 2.11. The fraction of sp³-hybridized carbons (Fsp3) is 0.333. The zero-order valence-corrected chi connectivity index (χ0v) is 8.42. The molecular weight excluding hydrogens is 200 g/mol. The van der Waals surface area contributed by atoms with Crippen LogP contribution in [-0.2, 0) is 10.0 Å². The van der Waals surface area contributed by atoms with Gasteiger partial charge in [0.2, 0.25) is 10.0 Å². The van der Waals surface area contributed by atoms with Crippen molar-refractivity contribution in [2.24, 2.45) is 0 Å². The van der Waals surface area contributed by atoms with E-state index in [4.69, 9.17) is 5.73 Å². The quantitative estimate of drug-likeness (QED) is 0.739. The predicted molar refractivity (Wildman–Crippen MR) is 56.4 cm³/mol. The predicted octanol–water partition coefficient (Wildman–Crippen LogP) is 1.17. The van der Waals surface area contributed by atoms with Crippen molar-refractivity contribution in [3.05, 3.63) is 24.3 Å². The van der Waals surface area contributed by atoms with Gasteiger partial charge < -0.3 is 5.73 Å². The Morgan fingerprint density at radius 1 is 1.21 bits per heavy atom. The fourth-order valence-corrected chi connectivity index (χ4v) is 2.57. The van der Waals surface area contributed by atoms with Crippen LogP contribution in [0, 0.1) is 0 Å². The lowest BCUT2D eigenvalue weighted by atomic mass is 10.3. The topological polar surface area (TPSA) is 72.2 Å². The Balaban J connectivity index is 2.14. The van der Waals surface area contributed by atoms with Crippen molar-refractivity contribution in [3.8, 4) is 0 Å². The van der Waals surface area contributed by atoms with Gasteiger partial charge in [0, 0.05) is 11.4 Å². The first-order valence-corrected chi connectivity index (χ1v) is 6.00. The van der Waals surface area contributed by atoms with Crippen LogP contribution in [0.4, 0.5) is 11.4 Å². The van der Waals surface area contributed by atoms with Gasteiger partial charge in [0.15, 0.2) is 0 Å². The third kappa shape index (κ3) is 1.98. The first-order valence-electron chi connectivity index (χ1n) is 4.45. The summed E-state index contributed by atoms with van der Waals surface area (Å²) in [7, 11) is -3.14. The molecule has 1 aliphatic carbocycles. The van der Waals surface area contributed by atoms with Crippen molar-refractivity contribution in [2.45, 2.75) is 18.1 Å². The van der Waals surface area contributed by atoms with E-state index in [2.05, 4.69) is 4.72 Å². The number of nitrogen functional groups attached to an aromatic ring is 1. The van der Waals surface area contributed by atoms with Crippen molar-refractivity contribution >= 4 is 21.4 Å². The lowest BCUT2D eigenvalue weighted by Crippen LogP contribution is -2.17. The van der Waals surface area contributed by atoms with Crippen LogP contribution in [-0.4, -0.2) is 13.7 Å². The molecule has 1 aromatic rings. The summed E-state index contributed by atoms with van der Waals surface area (Å²) in [5, 5.41) is -0.194. The highest BCUT2D eigenvalue weighted by Crippen LogP contribution is 2.29. The largest absolute Gasteiger partial charge is 0.399 e. The van der Waals surface area contributed by atoms with Crippen molar-refractivity contribution in [1.82, 2.24) is 0 Å². The molecule has 1 aromatic carbocycles. The number of nitrogens with one attached hydrogen (secondary N) is 1. The summed E-state index contributed by atoms with van der Waals surface area (Å²) < 4.78 is 25.5. The number of hydrogen-bond donors (Lipinski definition) is 2. The molecule has 0 spiro atoms. The third-order valence-corrected chi connectivity index (χ3v) is 4.00. The van der Waals surface area contributed by atoms with Crippen LogP contribution in [0.3, 0.4) is 0 Å². The summed E-state index contributed by atoms with van der Waals surface area (Å²) in [6.45, 7) is 0. The minimum atomic E-state index is -3.14. The van der Waals surface area contributed by atoms with Gasteiger partial charge in [0.05, 0.1) is 5.25 Å². The van der Waals surface area contributed by atoms with E-state index in [1.54, 1.807) is 24.3 Å². The molecule has 0 heterocycles. The second-order valence-electron chi connectivity index (χ2n) is 3.47. The van der Waals surface area contributed by atoms with Gasteiger partial charge >= 0.3 is 0 Å². The van der Waals surface area contributed by atoms with Gasteiger partial charge in [-0.3, -0.25) is 4.72 Å². The molecule has 1 fully saturated rings. The standard InChI is InChI=1S/C9H12N2O2S/c10-7-1-3-8(4-2-7)11-14(12,13)9-5-6-9/h1-4,9,11H,5-6,10H2. The molecule has 5 heteroatoms. The monoisotopic (exact) mass is 212 g/mol. The summed E-state index contributed by atoms with van der Waals surface area (Å²) in [4.78, 5) is 0. The first-order chi connectivity index (χ1) is 6.58. The average Bonchev–Trinajstić information content (AvgIpc) is 2.91. The minimum absolute atomic E-state index is 0.194. The average molecular weight is 212 g/mol. The summed E-state index contributed by atoms with van der Waals surface area (Å²) in [5.41, 5.74) is 6.68. The highest BCUT2D eigenvalue weighted by molar-refractivity contribution is 7.93. The number of anilines is 2. The van der Waals surface area contributed by atoms with E-state index in [0.717, 1.165) is 12.8 Å². The van der Waals surface area contributed by atoms with Crippen molar-refractivity contribution in [1.29, 1.82) is 0 Å². The second-order valence-corrected chi connectivity index (χ2v) is 5.43. The molecule has 14 heavy (non-hydrogen) atoms. The number of hydrogen-bond acceptors (Lipinski definition) is 3. The van der Waals surface area contributed by atoms with Crippen LogP contribution < -0.4 is 10.5 Å². The third-order valence-electron chi connectivity index (χ3n) is 2.13. The Morgan fingerprint density at radius 3 is 2.29 bits per heavy atom. The molecule has 0 radical (unpaired) electrons. The molecule has 0 aliphatic heterocycles. The summed E-state index contributed by atoms with van der Waals surface area (Å²) in [6, 6.07) is 6.67. The van der Waals surface area contributed by atoms with Crippen molar-refractivity contribution in [2.75, 3.05) is 10.5 Å². The summed E-state index contributed by atoms with van der Waals surface area (Å²) in [5.74, 6) is 0. The number of rotatable bonds is 3. The first kappa shape index (κ1) is 9.33. The Labute approximate surface area is 83.2 Å².